The number of likely N-dealkylation sites (tertiary alicyclic amines) is 1. The highest BCUT2D eigenvalue weighted by atomic mass is 15.3. The molecule has 0 amide bonds. The summed E-state index contributed by atoms with van der Waals surface area (Å²) in [5, 5.41) is 0. The molecule has 3 atom stereocenters. The van der Waals surface area contributed by atoms with Crippen molar-refractivity contribution in [1.82, 2.24) is 14.7 Å². The second kappa shape index (κ2) is 6.07. The van der Waals surface area contributed by atoms with E-state index in [1.165, 1.54) is 64.1 Å². The summed E-state index contributed by atoms with van der Waals surface area (Å²) in [4.78, 5) is 8.22. The van der Waals surface area contributed by atoms with E-state index in [2.05, 4.69) is 45.0 Å². The van der Waals surface area contributed by atoms with E-state index in [1.807, 2.05) is 0 Å². The molecule has 3 fully saturated rings. The van der Waals surface area contributed by atoms with E-state index < -0.39 is 0 Å². The first kappa shape index (κ1) is 13.7. The Hall–Kier alpha value is -0.900. The predicted octanol–water partition coefficient (Wildman–Crippen LogP) is 2.04. The minimum atomic E-state index is 0.741. The highest BCUT2D eigenvalue weighted by Crippen LogP contribution is 2.28. The maximum Gasteiger partial charge on any atom is 0.0383 e. The first-order chi connectivity index (χ1) is 10.4. The molecule has 114 valence electrons. The van der Waals surface area contributed by atoms with E-state index >= 15 is 0 Å². The fourth-order valence-electron chi connectivity index (χ4n) is 4.50. The maximum atomic E-state index is 2.78. The van der Waals surface area contributed by atoms with Crippen LogP contribution in [0, 0.1) is 0 Å². The molecular weight excluding hydrogens is 258 g/mol. The van der Waals surface area contributed by atoms with E-state index in [-0.39, 0.29) is 0 Å². The lowest BCUT2D eigenvalue weighted by molar-refractivity contribution is -0.0216. The molecule has 1 aromatic carbocycles. The normalized spacial score (nSPS) is 34.2. The summed E-state index contributed by atoms with van der Waals surface area (Å²) in [5.41, 5.74) is 1.47. The van der Waals surface area contributed by atoms with E-state index in [0.29, 0.717) is 0 Å². The van der Waals surface area contributed by atoms with Crippen LogP contribution in [0.1, 0.15) is 24.8 Å². The molecule has 1 aromatic rings. The highest BCUT2D eigenvalue weighted by molar-refractivity contribution is 5.15. The van der Waals surface area contributed by atoms with Crippen molar-refractivity contribution in [2.24, 2.45) is 0 Å². The van der Waals surface area contributed by atoms with Crippen LogP contribution in [0.3, 0.4) is 0 Å². The molecule has 0 radical (unpaired) electrons. The van der Waals surface area contributed by atoms with Gasteiger partial charge in [0.25, 0.3) is 0 Å². The molecule has 3 nitrogen and oxygen atoms in total. The molecule has 0 aliphatic carbocycles. The predicted molar refractivity (Wildman–Crippen MR) is 86.3 cm³/mol. The van der Waals surface area contributed by atoms with Crippen LogP contribution in [-0.4, -0.2) is 66.1 Å². The number of piperidine rings is 1. The zero-order valence-corrected chi connectivity index (χ0v) is 13.0. The van der Waals surface area contributed by atoms with Crippen molar-refractivity contribution in [3.8, 4) is 0 Å². The summed E-state index contributed by atoms with van der Waals surface area (Å²) in [7, 11) is 0. The molecule has 2 bridgehead atoms. The van der Waals surface area contributed by atoms with Crippen molar-refractivity contribution < 1.29 is 0 Å². The number of hydrogen-bond donors (Lipinski definition) is 0. The number of piperazine rings is 1. The minimum absolute atomic E-state index is 0.741. The molecule has 3 heteroatoms. The number of benzene rings is 1. The Kier molecular flexibility index (Phi) is 3.97. The summed E-state index contributed by atoms with van der Waals surface area (Å²) in [6.07, 6.45) is 4.19. The molecule has 0 spiro atoms. The zero-order valence-electron chi connectivity index (χ0n) is 13.0. The molecule has 0 aromatic heterocycles. The maximum absolute atomic E-state index is 2.78. The van der Waals surface area contributed by atoms with Crippen molar-refractivity contribution in [2.75, 3.05) is 39.3 Å². The third-order valence-corrected chi connectivity index (χ3v) is 5.64. The number of rotatable bonds is 3. The van der Waals surface area contributed by atoms with Crippen molar-refractivity contribution in [3.63, 3.8) is 0 Å². The fraction of sp³-hybridized carbons (Fsp3) is 0.667. The van der Waals surface area contributed by atoms with E-state index in [1.54, 1.807) is 0 Å². The Balaban J connectivity index is 1.50. The summed E-state index contributed by atoms with van der Waals surface area (Å²) in [6, 6.07) is 12.6. The standard InChI is InChI=1S/C18H27N3/c1-2-6-16(7-3-1)14-21-13-12-19-11-8-17(18(21)15-19)20-9-4-5-10-20/h1-3,6-7,17-18H,4-5,8-15H2/t17-,18+/m0/s1. The van der Waals surface area contributed by atoms with E-state index in [4.69, 9.17) is 0 Å². The van der Waals surface area contributed by atoms with Crippen molar-refractivity contribution in [2.45, 2.75) is 37.9 Å². The molecule has 0 saturated carbocycles. The van der Waals surface area contributed by atoms with Gasteiger partial charge >= 0.3 is 0 Å². The van der Waals surface area contributed by atoms with Crippen LogP contribution in [0.5, 0.6) is 0 Å². The van der Waals surface area contributed by atoms with Gasteiger partial charge < -0.3 is 4.90 Å². The second-order valence-corrected chi connectivity index (χ2v) is 6.92. The van der Waals surface area contributed by atoms with Crippen LogP contribution in [0.15, 0.2) is 30.3 Å². The lowest BCUT2D eigenvalue weighted by atomic mass is 9.93. The average Bonchev–Trinajstić information content (AvgIpc) is 3.06. The number of nitrogens with zero attached hydrogens (tertiary/aromatic N) is 3. The Bertz CT molecular complexity index is 455. The molecular formula is C18H27N3. The second-order valence-electron chi connectivity index (χ2n) is 6.92. The minimum Gasteiger partial charge on any atom is -0.300 e. The summed E-state index contributed by atoms with van der Waals surface area (Å²) < 4.78 is 0. The average molecular weight is 285 g/mol. The topological polar surface area (TPSA) is 9.72 Å². The van der Waals surface area contributed by atoms with Gasteiger partial charge in [-0.3, -0.25) is 9.80 Å². The van der Waals surface area contributed by atoms with Gasteiger partial charge in [-0.25, -0.2) is 0 Å². The highest BCUT2D eigenvalue weighted by Gasteiger charge is 2.40. The van der Waals surface area contributed by atoms with Crippen LogP contribution < -0.4 is 0 Å². The first-order valence-corrected chi connectivity index (χ1v) is 8.64. The van der Waals surface area contributed by atoms with Crippen LogP contribution in [0.25, 0.3) is 0 Å². The van der Waals surface area contributed by atoms with Crippen molar-refractivity contribution >= 4 is 0 Å². The van der Waals surface area contributed by atoms with Crippen molar-refractivity contribution in [3.05, 3.63) is 35.9 Å². The summed E-state index contributed by atoms with van der Waals surface area (Å²) in [5.74, 6) is 0. The molecule has 3 aliphatic rings. The molecule has 3 heterocycles. The van der Waals surface area contributed by atoms with Crippen LogP contribution in [-0.2, 0) is 6.54 Å². The summed E-state index contributed by atoms with van der Waals surface area (Å²) >= 11 is 0. The van der Waals surface area contributed by atoms with Gasteiger partial charge in [-0.1, -0.05) is 30.3 Å². The molecule has 1 unspecified atom stereocenters. The molecule has 3 saturated heterocycles. The lowest BCUT2D eigenvalue weighted by Crippen LogP contribution is -2.64. The van der Waals surface area contributed by atoms with E-state index in [9.17, 15) is 0 Å². The molecule has 3 aliphatic heterocycles. The summed E-state index contributed by atoms with van der Waals surface area (Å²) in [6.45, 7) is 8.90. The third kappa shape index (κ3) is 2.87. The Morgan fingerprint density at radius 3 is 2.48 bits per heavy atom. The first-order valence-electron chi connectivity index (χ1n) is 8.64. The van der Waals surface area contributed by atoms with Gasteiger partial charge in [0, 0.05) is 38.3 Å². The lowest BCUT2D eigenvalue weighted by Gasteiger charge is -2.51. The van der Waals surface area contributed by atoms with Gasteiger partial charge in [-0.2, -0.15) is 0 Å². The SMILES string of the molecule is c1ccc(CN2CCN3CC[C@H](N4CCCC4)[C@H]2C3)cc1. The van der Waals surface area contributed by atoms with Gasteiger partial charge in [-0.15, -0.1) is 0 Å². The van der Waals surface area contributed by atoms with Crippen LogP contribution in [0.2, 0.25) is 0 Å². The monoisotopic (exact) mass is 285 g/mol. The fourth-order valence-corrected chi connectivity index (χ4v) is 4.50. The smallest absolute Gasteiger partial charge is 0.0383 e. The van der Waals surface area contributed by atoms with Crippen LogP contribution in [0.4, 0.5) is 0 Å². The van der Waals surface area contributed by atoms with Gasteiger partial charge in [0.1, 0.15) is 0 Å². The Morgan fingerprint density at radius 1 is 0.857 bits per heavy atom. The largest absolute Gasteiger partial charge is 0.300 e. The quantitative estimate of drug-likeness (QED) is 0.841. The molecule has 21 heavy (non-hydrogen) atoms. The third-order valence-electron chi connectivity index (χ3n) is 5.64. The van der Waals surface area contributed by atoms with Gasteiger partial charge in [0.05, 0.1) is 0 Å². The Morgan fingerprint density at radius 2 is 1.67 bits per heavy atom. The molecule has 0 N–H and O–H groups in total. The van der Waals surface area contributed by atoms with Crippen molar-refractivity contribution in [1.29, 1.82) is 0 Å². The number of hydrogen-bond acceptors (Lipinski definition) is 3. The number of fused-ring (bicyclic) bond motifs is 2. The Labute approximate surface area is 128 Å². The molecule has 4 rings (SSSR count). The van der Waals surface area contributed by atoms with Gasteiger partial charge in [0.2, 0.25) is 0 Å². The van der Waals surface area contributed by atoms with Gasteiger partial charge in [0.15, 0.2) is 0 Å². The van der Waals surface area contributed by atoms with Gasteiger partial charge in [-0.05, 0) is 44.5 Å². The van der Waals surface area contributed by atoms with Crippen LogP contribution >= 0.6 is 0 Å². The van der Waals surface area contributed by atoms with E-state index in [0.717, 1.165) is 18.6 Å². The zero-order chi connectivity index (χ0) is 14.1.